The summed E-state index contributed by atoms with van der Waals surface area (Å²) < 4.78 is 27.7. The number of rotatable bonds is 4. The molecule has 1 aliphatic heterocycles. The molecule has 1 fully saturated rings. The van der Waals surface area contributed by atoms with Crippen LogP contribution in [0.5, 0.6) is 0 Å². The summed E-state index contributed by atoms with van der Waals surface area (Å²) in [6.07, 6.45) is 0.773. The molecule has 1 aromatic carbocycles. The van der Waals surface area contributed by atoms with Gasteiger partial charge in [-0.2, -0.15) is 0 Å². The number of Topliss-reactive ketones (excluding diaryl/α,β-unsaturated/α-hetero) is 1. The van der Waals surface area contributed by atoms with Gasteiger partial charge in [-0.1, -0.05) is 15.9 Å². The predicted octanol–water partition coefficient (Wildman–Crippen LogP) is 1.71. The Bertz CT molecular complexity index is 601. The quantitative estimate of drug-likeness (QED) is 0.776. The topological polar surface area (TPSA) is 75.3 Å². The zero-order valence-electron chi connectivity index (χ0n) is 10.8. The van der Waals surface area contributed by atoms with E-state index >= 15 is 0 Å². The van der Waals surface area contributed by atoms with Crippen LogP contribution in [0.3, 0.4) is 0 Å². The molecule has 1 aromatic rings. The van der Waals surface area contributed by atoms with Crippen molar-refractivity contribution in [1.29, 1.82) is 0 Å². The second-order valence-corrected chi connectivity index (χ2v) is 7.08. The first-order chi connectivity index (χ1) is 8.90. The van der Waals surface area contributed by atoms with Crippen molar-refractivity contribution in [2.45, 2.75) is 24.3 Å². The van der Waals surface area contributed by atoms with Crippen LogP contribution >= 0.6 is 28.3 Å². The van der Waals surface area contributed by atoms with Gasteiger partial charge < -0.3 is 5.32 Å². The summed E-state index contributed by atoms with van der Waals surface area (Å²) in [5.74, 6) is -0.175. The van der Waals surface area contributed by atoms with Crippen LogP contribution in [0.1, 0.15) is 23.7 Å². The maximum atomic E-state index is 12.2. The van der Waals surface area contributed by atoms with Crippen molar-refractivity contribution >= 4 is 44.1 Å². The highest BCUT2D eigenvalue weighted by atomic mass is 79.9. The Morgan fingerprint density at radius 3 is 2.70 bits per heavy atom. The number of nitrogens with one attached hydrogen (secondary N) is 2. The molecule has 1 unspecified atom stereocenters. The Labute approximate surface area is 133 Å². The molecular formula is C12H16BrClN2O3S. The number of carbonyl (C=O) groups is 1. The number of benzene rings is 1. The minimum atomic E-state index is -3.58. The Hall–Kier alpha value is -0.470. The lowest BCUT2D eigenvalue weighted by Crippen LogP contribution is -2.36. The van der Waals surface area contributed by atoms with Crippen LogP contribution in [0.25, 0.3) is 0 Å². The molecule has 1 atom stereocenters. The third-order valence-electron chi connectivity index (χ3n) is 3.01. The van der Waals surface area contributed by atoms with Crippen LogP contribution in [0.4, 0.5) is 0 Å². The van der Waals surface area contributed by atoms with Crippen molar-refractivity contribution in [3.63, 3.8) is 0 Å². The van der Waals surface area contributed by atoms with E-state index < -0.39 is 10.0 Å². The van der Waals surface area contributed by atoms with E-state index in [9.17, 15) is 13.2 Å². The number of ketones is 1. The van der Waals surface area contributed by atoms with Crippen molar-refractivity contribution in [3.8, 4) is 0 Å². The highest BCUT2D eigenvalue weighted by Crippen LogP contribution is 2.22. The SMILES string of the molecule is CC(=O)c1cc(S(=O)(=O)NC2CCNC2)ccc1Br.Cl. The average Bonchev–Trinajstić information content (AvgIpc) is 2.80. The fourth-order valence-electron chi connectivity index (χ4n) is 1.98. The third kappa shape index (κ3) is 4.02. The van der Waals surface area contributed by atoms with Gasteiger partial charge in [0.05, 0.1) is 4.90 Å². The average molecular weight is 384 g/mol. The summed E-state index contributed by atoms with van der Waals surface area (Å²) in [7, 11) is -3.58. The normalized spacial score (nSPS) is 18.6. The molecule has 1 heterocycles. The molecule has 0 amide bonds. The monoisotopic (exact) mass is 382 g/mol. The lowest BCUT2D eigenvalue weighted by molar-refractivity contribution is 0.101. The van der Waals surface area contributed by atoms with E-state index in [-0.39, 0.29) is 29.1 Å². The van der Waals surface area contributed by atoms with Gasteiger partial charge in [-0.05, 0) is 38.1 Å². The standard InChI is InChI=1S/C12H15BrN2O3S.ClH/c1-8(16)11-6-10(2-3-12(11)13)19(17,18)15-9-4-5-14-7-9;/h2-3,6,9,14-15H,4-5,7H2,1H3;1H. The first kappa shape index (κ1) is 17.6. The summed E-state index contributed by atoms with van der Waals surface area (Å²) in [6, 6.07) is 4.38. The van der Waals surface area contributed by atoms with Crippen molar-refractivity contribution in [3.05, 3.63) is 28.2 Å². The van der Waals surface area contributed by atoms with E-state index in [1.807, 2.05) is 0 Å². The highest BCUT2D eigenvalue weighted by Gasteiger charge is 2.23. The van der Waals surface area contributed by atoms with E-state index in [4.69, 9.17) is 0 Å². The first-order valence-electron chi connectivity index (χ1n) is 5.94. The Balaban J connectivity index is 0.00000200. The lowest BCUT2D eigenvalue weighted by atomic mass is 10.1. The smallest absolute Gasteiger partial charge is 0.240 e. The van der Waals surface area contributed by atoms with Crippen molar-refractivity contribution in [2.75, 3.05) is 13.1 Å². The number of hydrogen-bond acceptors (Lipinski definition) is 4. The third-order valence-corrected chi connectivity index (χ3v) is 5.22. The molecule has 2 rings (SSSR count). The fourth-order valence-corrected chi connectivity index (χ4v) is 3.81. The van der Waals surface area contributed by atoms with Gasteiger partial charge in [0, 0.05) is 22.6 Å². The molecule has 0 bridgehead atoms. The molecule has 0 spiro atoms. The van der Waals surface area contributed by atoms with Crippen LogP contribution < -0.4 is 10.0 Å². The molecule has 2 N–H and O–H groups in total. The predicted molar refractivity (Wildman–Crippen MR) is 83.0 cm³/mol. The summed E-state index contributed by atoms with van der Waals surface area (Å²) in [4.78, 5) is 11.6. The van der Waals surface area contributed by atoms with Gasteiger partial charge in [0.25, 0.3) is 0 Å². The van der Waals surface area contributed by atoms with E-state index in [0.29, 0.717) is 16.6 Å². The second kappa shape index (κ2) is 7.00. The van der Waals surface area contributed by atoms with Crippen LogP contribution in [0, 0.1) is 0 Å². The first-order valence-corrected chi connectivity index (χ1v) is 8.21. The van der Waals surface area contributed by atoms with Crippen LogP contribution in [0.15, 0.2) is 27.6 Å². The van der Waals surface area contributed by atoms with Crippen LogP contribution in [-0.2, 0) is 10.0 Å². The van der Waals surface area contributed by atoms with Crippen LogP contribution in [-0.4, -0.2) is 33.3 Å². The molecule has 1 aliphatic rings. The Kier molecular flexibility index (Phi) is 6.15. The molecule has 112 valence electrons. The molecule has 20 heavy (non-hydrogen) atoms. The molecule has 0 aliphatic carbocycles. The molecule has 0 saturated carbocycles. The number of sulfonamides is 1. The summed E-state index contributed by atoms with van der Waals surface area (Å²) in [5, 5.41) is 3.10. The molecule has 1 saturated heterocycles. The van der Waals surface area contributed by atoms with Crippen molar-refractivity contribution in [2.24, 2.45) is 0 Å². The number of carbonyl (C=O) groups excluding carboxylic acids is 1. The molecule has 5 nitrogen and oxygen atoms in total. The van der Waals surface area contributed by atoms with E-state index in [1.54, 1.807) is 6.07 Å². The minimum absolute atomic E-state index is 0. The van der Waals surface area contributed by atoms with Gasteiger partial charge in [-0.3, -0.25) is 4.79 Å². The zero-order valence-corrected chi connectivity index (χ0v) is 14.1. The maximum absolute atomic E-state index is 12.2. The van der Waals surface area contributed by atoms with Gasteiger partial charge in [0.1, 0.15) is 0 Å². The van der Waals surface area contributed by atoms with Crippen molar-refractivity contribution < 1.29 is 13.2 Å². The fraction of sp³-hybridized carbons (Fsp3) is 0.417. The number of halogens is 2. The highest BCUT2D eigenvalue weighted by molar-refractivity contribution is 9.10. The van der Waals surface area contributed by atoms with Gasteiger partial charge in [0.2, 0.25) is 10.0 Å². The summed E-state index contributed by atoms with van der Waals surface area (Å²) in [6.45, 7) is 2.85. The van der Waals surface area contributed by atoms with E-state index in [2.05, 4.69) is 26.0 Å². The van der Waals surface area contributed by atoms with Crippen molar-refractivity contribution in [1.82, 2.24) is 10.0 Å². The summed E-state index contributed by atoms with van der Waals surface area (Å²) in [5.41, 5.74) is 0.368. The van der Waals surface area contributed by atoms with Gasteiger partial charge in [0.15, 0.2) is 5.78 Å². The molecular weight excluding hydrogens is 368 g/mol. The lowest BCUT2D eigenvalue weighted by Gasteiger charge is -2.13. The van der Waals surface area contributed by atoms with Gasteiger partial charge in [-0.25, -0.2) is 13.1 Å². The zero-order chi connectivity index (χ0) is 14.0. The van der Waals surface area contributed by atoms with Gasteiger partial charge >= 0.3 is 0 Å². The molecule has 0 radical (unpaired) electrons. The van der Waals surface area contributed by atoms with Crippen LogP contribution in [0.2, 0.25) is 0 Å². The van der Waals surface area contributed by atoms with E-state index in [0.717, 1.165) is 13.0 Å². The summed E-state index contributed by atoms with van der Waals surface area (Å²) >= 11 is 3.24. The second-order valence-electron chi connectivity index (χ2n) is 4.51. The number of hydrogen-bond donors (Lipinski definition) is 2. The molecule has 8 heteroatoms. The minimum Gasteiger partial charge on any atom is -0.315 e. The van der Waals surface area contributed by atoms with Gasteiger partial charge in [-0.15, -0.1) is 12.4 Å². The largest absolute Gasteiger partial charge is 0.315 e. The molecule has 0 aromatic heterocycles. The Morgan fingerprint density at radius 1 is 1.45 bits per heavy atom. The Morgan fingerprint density at radius 2 is 2.15 bits per heavy atom. The maximum Gasteiger partial charge on any atom is 0.240 e. The van der Waals surface area contributed by atoms with E-state index in [1.165, 1.54) is 19.1 Å².